The van der Waals surface area contributed by atoms with Crippen molar-refractivity contribution in [2.75, 3.05) is 13.1 Å². The number of rotatable bonds is 5. The maximum atomic E-state index is 12.5. The predicted molar refractivity (Wildman–Crippen MR) is 117 cm³/mol. The number of aromatic carboxylic acids is 1. The number of carbonyl (C=O) groups is 1. The average Bonchev–Trinajstić information content (AvgIpc) is 3.28. The van der Waals surface area contributed by atoms with Gasteiger partial charge >= 0.3 is 5.97 Å². The van der Waals surface area contributed by atoms with Crippen LogP contribution in [0, 0.1) is 17.2 Å². The van der Waals surface area contributed by atoms with Crippen LogP contribution in [0.4, 0.5) is 0 Å². The van der Waals surface area contributed by atoms with E-state index >= 15 is 0 Å². The van der Waals surface area contributed by atoms with Gasteiger partial charge in [0.05, 0.1) is 22.7 Å². The minimum Gasteiger partial charge on any atom is -0.478 e. The van der Waals surface area contributed by atoms with Crippen LogP contribution in [-0.2, 0) is 16.6 Å². The summed E-state index contributed by atoms with van der Waals surface area (Å²) in [5, 5.41) is 24.3. The Labute approximate surface area is 185 Å². The van der Waals surface area contributed by atoms with Crippen molar-refractivity contribution in [3.8, 4) is 6.07 Å². The third kappa shape index (κ3) is 5.47. The predicted octanol–water partition coefficient (Wildman–Crippen LogP) is 2.12. The number of carboxylic acid groups (broad SMARTS) is 1. The zero-order chi connectivity index (χ0) is 23.1. The van der Waals surface area contributed by atoms with E-state index in [1.807, 2.05) is 0 Å². The molecule has 1 saturated heterocycles. The standard InChI is InChI=1S/C14H19N3O2S.C7H5N3O2/c15-8-5-12-6-9-17(10-7-12)20(18,19)14-3-1-13(11-16)2-4-14;11-7(12)5-1-4-3-9-10-6(4)8-2-5/h1-4,12H,5-7,9-11,16H2;1-3H,(H,11,12)(H,8,9,10). The number of nitrogens with one attached hydrogen (secondary N) is 1. The van der Waals surface area contributed by atoms with Crippen molar-refractivity contribution in [2.24, 2.45) is 11.7 Å². The first-order chi connectivity index (χ1) is 15.3. The number of nitriles is 1. The Morgan fingerprint density at radius 3 is 2.53 bits per heavy atom. The Hall–Kier alpha value is -3.33. The molecule has 3 heterocycles. The van der Waals surface area contributed by atoms with Crippen molar-refractivity contribution in [1.29, 1.82) is 5.26 Å². The fourth-order valence-corrected chi connectivity index (χ4v) is 4.85. The fraction of sp³-hybridized carbons (Fsp3) is 0.333. The monoisotopic (exact) mass is 456 g/mol. The number of benzene rings is 1. The van der Waals surface area contributed by atoms with Crippen LogP contribution >= 0.6 is 0 Å². The largest absolute Gasteiger partial charge is 0.478 e. The summed E-state index contributed by atoms with van der Waals surface area (Å²) in [6, 6.07) is 10.4. The molecule has 0 atom stereocenters. The number of aromatic nitrogens is 3. The van der Waals surface area contributed by atoms with Crippen molar-refractivity contribution in [1.82, 2.24) is 19.5 Å². The number of sulfonamides is 1. The lowest BCUT2D eigenvalue weighted by Crippen LogP contribution is -2.38. The van der Waals surface area contributed by atoms with Crippen LogP contribution in [0.3, 0.4) is 0 Å². The smallest absolute Gasteiger partial charge is 0.337 e. The molecule has 0 saturated carbocycles. The topological polar surface area (TPSA) is 166 Å². The number of pyridine rings is 1. The highest BCUT2D eigenvalue weighted by Crippen LogP contribution is 2.25. The maximum Gasteiger partial charge on any atom is 0.337 e. The zero-order valence-corrected chi connectivity index (χ0v) is 18.1. The number of piperidine rings is 1. The van der Waals surface area contributed by atoms with Gasteiger partial charge in [0, 0.05) is 37.6 Å². The average molecular weight is 457 g/mol. The van der Waals surface area contributed by atoms with E-state index < -0.39 is 16.0 Å². The summed E-state index contributed by atoms with van der Waals surface area (Å²) in [6.07, 6.45) is 4.86. The highest BCUT2D eigenvalue weighted by molar-refractivity contribution is 7.89. The quantitative estimate of drug-likeness (QED) is 0.525. The summed E-state index contributed by atoms with van der Waals surface area (Å²) in [4.78, 5) is 14.7. The molecule has 1 aliphatic heterocycles. The van der Waals surface area contributed by atoms with Crippen molar-refractivity contribution >= 4 is 27.0 Å². The molecule has 3 aromatic rings. The molecule has 0 spiro atoms. The lowest BCUT2D eigenvalue weighted by atomic mass is 9.95. The summed E-state index contributed by atoms with van der Waals surface area (Å²) in [5.74, 6) is -0.656. The molecule has 10 nitrogen and oxygen atoms in total. The summed E-state index contributed by atoms with van der Waals surface area (Å²) in [6.45, 7) is 1.39. The SMILES string of the molecule is N#CCC1CCN(S(=O)(=O)c2ccc(CN)cc2)CC1.O=C(O)c1cnc2[nH]ncc2c1. The number of hydrogen-bond acceptors (Lipinski definition) is 7. The Kier molecular flexibility index (Phi) is 7.53. The van der Waals surface area contributed by atoms with Gasteiger partial charge in [-0.05, 0) is 42.5 Å². The van der Waals surface area contributed by atoms with Gasteiger partial charge in [-0.1, -0.05) is 12.1 Å². The van der Waals surface area contributed by atoms with Crippen LogP contribution < -0.4 is 5.73 Å². The van der Waals surface area contributed by atoms with Gasteiger partial charge in [-0.2, -0.15) is 14.7 Å². The molecule has 4 rings (SSSR count). The second kappa shape index (κ2) is 10.3. The van der Waals surface area contributed by atoms with E-state index in [-0.39, 0.29) is 5.56 Å². The van der Waals surface area contributed by atoms with Crippen LogP contribution in [0.5, 0.6) is 0 Å². The molecule has 4 N–H and O–H groups in total. The van der Waals surface area contributed by atoms with E-state index in [9.17, 15) is 13.2 Å². The summed E-state index contributed by atoms with van der Waals surface area (Å²) >= 11 is 0. The minimum atomic E-state index is -3.42. The summed E-state index contributed by atoms with van der Waals surface area (Å²) in [7, 11) is -3.42. The molecule has 32 heavy (non-hydrogen) atoms. The Bertz CT molecular complexity index is 1210. The number of nitrogens with zero attached hydrogens (tertiary/aromatic N) is 4. The fourth-order valence-electron chi connectivity index (χ4n) is 3.38. The van der Waals surface area contributed by atoms with Gasteiger partial charge in [0.2, 0.25) is 10.0 Å². The van der Waals surface area contributed by atoms with Gasteiger partial charge in [-0.25, -0.2) is 18.2 Å². The van der Waals surface area contributed by atoms with Crippen molar-refractivity contribution < 1.29 is 18.3 Å². The number of carboxylic acids is 1. The number of aromatic amines is 1. The van der Waals surface area contributed by atoms with Crippen LogP contribution in [0.1, 0.15) is 35.2 Å². The first-order valence-corrected chi connectivity index (χ1v) is 11.5. The third-order valence-electron chi connectivity index (χ3n) is 5.29. The van der Waals surface area contributed by atoms with Gasteiger partial charge in [-0.3, -0.25) is 5.10 Å². The minimum absolute atomic E-state index is 0.170. The lowest BCUT2D eigenvalue weighted by Gasteiger charge is -2.30. The molecule has 168 valence electrons. The Morgan fingerprint density at radius 1 is 1.25 bits per heavy atom. The molecule has 11 heteroatoms. The van der Waals surface area contributed by atoms with Gasteiger partial charge in [-0.15, -0.1) is 0 Å². The molecule has 0 radical (unpaired) electrons. The second-order valence-electron chi connectivity index (χ2n) is 7.39. The molecule has 0 amide bonds. The zero-order valence-electron chi connectivity index (χ0n) is 17.3. The van der Waals surface area contributed by atoms with E-state index in [1.54, 1.807) is 24.3 Å². The lowest BCUT2D eigenvalue weighted by molar-refractivity contribution is 0.0696. The molecule has 2 aromatic heterocycles. The van der Waals surface area contributed by atoms with Gasteiger partial charge in [0.1, 0.15) is 0 Å². The molecule has 1 aliphatic rings. The van der Waals surface area contributed by atoms with Crippen molar-refractivity contribution in [3.63, 3.8) is 0 Å². The number of nitrogens with two attached hydrogens (primary N) is 1. The van der Waals surface area contributed by atoms with Crippen molar-refractivity contribution in [2.45, 2.75) is 30.7 Å². The highest BCUT2D eigenvalue weighted by atomic mass is 32.2. The van der Waals surface area contributed by atoms with E-state index in [1.165, 1.54) is 22.8 Å². The molecule has 1 fully saturated rings. The van der Waals surface area contributed by atoms with E-state index in [0.717, 1.165) is 18.4 Å². The Balaban J connectivity index is 0.000000204. The molecule has 0 bridgehead atoms. The number of H-pyrrole nitrogens is 1. The highest BCUT2D eigenvalue weighted by Gasteiger charge is 2.29. The Morgan fingerprint density at radius 2 is 1.94 bits per heavy atom. The number of fused-ring (bicyclic) bond motifs is 1. The van der Waals surface area contributed by atoms with Crippen LogP contribution in [-0.4, -0.2) is 52.1 Å². The van der Waals surface area contributed by atoms with Crippen molar-refractivity contribution in [3.05, 3.63) is 53.9 Å². The molecule has 0 unspecified atom stereocenters. The molecular weight excluding hydrogens is 432 g/mol. The van der Waals surface area contributed by atoms with Gasteiger partial charge in [0.15, 0.2) is 5.65 Å². The molecule has 1 aromatic carbocycles. The molecule has 0 aliphatic carbocycles. The first-order valence-electron chi connectivity index (χ1n) is 10.0. The number of hydrogen-bond donors (Lipinski definition) is 3. The molecular formula is C21H24N6O4S. The van der Waals surface area contributed by atoms with Crippen LogP contribution in [0.15, 0.2) is 47.6 Å². The third-order valence-corrected chi connectivity index (χ3v) is 7.20. The van der Waals surface area contributed by atoms with E-state index in [0.29, 0.717) is 47.9 Å². The van der Waals surface area contributed by atoms with Crippen LogP contribution in [0.2, 0.25) is 0 Å². The second-order valence-corrected chi connectivity index (χ2v) is 9.33. The van der Waals surface area contributed by atoms with Gasteiger partial charge in [0.25, 0.3) is 0 Å². The van der Waals surface area contributed by atoms with E-state index in [4.69, 9.17) is 16.1 Å². The summed E-state index contributed by atoms with van der Waals surface area (Å²) in [5.41, 5.74) is 7.19. The van der Waals surface area contributed by atoms with Gasteiger partial charge < -0.3 is 10.8 Å². The first kappa shape index (κ1) is 23.3. The van der Waals surface area contributed by atoms with Crippen LogP contribution in [0.25, 0.3) is 11.0 Å². The normalized spacial score (nSPS) is 15.0. The van der Waals surface area contributed by atoms with E-state index in [2.05, 4.69) is 21.3 Å². The maximum absolute atomic E-state index is 12.5. The summed E-state index contributed by atoms with van der Waals surface area (Å²) < 4.78 is 26.5.